The van der Waals surface area contributed by atoms with Crippen LogP contribution in [0.3, 0.4) is 0 Å². The summed E-state index contributed by atoms with van der Waals surface area (Å²) in [5, 5.41) is 12.5. The zero-order valence-electron chi connectivity index (χ0n) is 25.2. The molecule has 2 amide bonds. The Bertz CT molecular complexity index is 2230. The topological polar surface area (TPSA) is 113 Å². The summed E-state index contributed by atoms with van der Waals surface area (Å²) in [4.78, 5) is 33.3. The molecule has 0 radical (unpaired) electrons. The molecule has 3 aromatic heterocycles. The molecule has 9 nitrogen and oxygen atoms in total. The second kappa shape index (κ2) is 12.4. The molecule has 3 heterocycles. The number of halogens is 5. The molecule has 0 spiro atoms. The van der Waals surface area contributed by atoms with E-state index >= 15 is 0 Å². The molecule has 1 aliphatic carbocycles. The van der Waals surface area contributed by atoms with Crippen molar-refractivity contribution >= 4 is 34.7 Å². The minimum atomic E-state index is -4.95. The highest BCUT2D eigenvalue weighted by Gasteiger charge is 2.40. The first-order chi connectivity index (χ1) is 23.5. The molecule has 0 aliphatic heterocycles. The number of pyridine rings is 1. The van der Waals surface area contributed by atoms with Crippen molar-refractivity contribution in [2.45, 2.75) is 25.1 Å². The van der Waals surface area contributed by atoms with E-state index in [2.05, 4.69) is 15.6 Å². The monoisotopic (exact) mass is 669 g/mol. The fourth-order valence-corrected chi connectivity index (χ4v) is 5.86. The number of aromatic nitrogens is 4. The van der Waals surface area contributed by atoms with Gasteiger partial charge in [0.25, 0.3) is 5.91 Å². The lowest BCUT2D eigenvalue weighted by molar-refractivity contribution is -0.174. The summed E-state index contributed by atoms with van der Waals surface area (Å²) in [5.74, 6) is -4.63. The summed E-state index contributed by atoms with van der Waals surface area (Å²) in [6.45, 7) is 0. The minimum Gasteiger partial charge on any atom is -0.345 e. The van der Waals surface area contributed by atoms with Crippen LogP contribution < -0.4 is 16.0 Å². The molecule has 1 aliphatic rings. The molecule has 0 bridgehead atoms. The van der Waals surface area contributed by atoms with Gasteiger partial charge in [0, 0.05) is 35.4 Å². The van der Waals surface area contributed by atoms with Gasteiger partial charge in [-0.05, 0) is 78.6 Å². The zero-order valence-corrected chi connectivity index (χ0v) is 25.2. The third-order valence-corrected chi connectivity index (χ3v) is 8.02. The molecule has 6 aromatic rings. The number of hydrogen-bond acceptors (Lipinski definition) is 6. The van der Waals surface area contributed by atoms with Gasteiger partial charge in [-0.15, -0.1) is 0 Å². The molecule has 7 rings (SSSR count). The maximum atomic E-state index is 14.2. The smallest absolute Gasteiger partial charge is 0.345 e. The van der Waals surface area contributed by atoms with Gasteiger partial charge in [0.15, 0.2) is 0 Å². The van der Waals surface area contributed by atoms with E-state index in [1.807, 2.05) is 23.5 Å². The Morgan fingerprint density at radius 3 is 2.41 bits per heavy atom. The van der Waals surface area contributed by atoms with E-state index in [9.17, 15) is 31.5 Å². The van der Waals surface area contributed by atoms with Crippen molar-refractivity contribution in [3.8, 4) is 22.5 Å². The summed E-state index contributed by atoms with van der Waals surface area (Å²) in [6.07, 6.45) is -1.09. The summed E-state index contributed by atoms with van der Waals surface area (Å²) in [6, 6.07) is 21.8. The first-order valence-electron chi connectivity index (χ1n) is 15.0. The van der Waals surface area contributed by atoms with Crippen molar-refractivity contribution in [2.24, 2.45) is 0 Å². The van der Waals surface area contributed by atoms with Crippen LogP contribution in [-0.4, -0.2) is 43.6 Å². The van der Waals surface area contributed by atoms with Gasteiger partial charge in [-0.3, -0.25) is 9.59 Å². The van der Waals surface area contributed by atoms with E-state index in [4.69, 9.17) is 10.1 Å². The third kappa shape index (κ3) is 6.40. The van der Waals surface area contributed by atoms with Crippen LogP contribution in [0.1, 0.15) is 21.5 Å². The van der Waals surface area contributed by atoms with Crippen LogP contribution in [0.4, 0.5) is 39.3 Å². The first-order valence-corrected chi connectivity index (χ1v) is 15.0. The Kier molecular flexibility index (Phi) is 7.98. The molecule has 246 valence electrons. The second-order valence-corrected chi connectivity index (χ2v) is 11.3. The molecular formula is C35H24F5N7O2. The van der Waals surface area contributed by atoms with Crippen LogP contribution in [0.25, 0.3) is 28.0 Å². The number of anilines is 3. The van der Waals surface area contributed by atoms with Crippen LogP contribution in [0, 0.1) is 11.6 Å². The van der Waals surface area contributed by atoms with Crippen LogP contribution in [0.2, 0.25) is 0 Å². The summed E-state index contributed by atoms with van der Waals surface area (Å²) >= 11 is 0. The average molecular weight is 670 g/mol. The van der Waals surface area contributed by atoms with E-state index < -0.39 is 41.2 Å². The van der Waals surface area contributed by atoms with Crippen LogP contribution >= 0.6 is 0 Å². The first kappa shape index (κ1) is 31.4. The van der Waals surface area contributed by atoms with Crippen molar-refractivity contribution in [1.29, 1.82) is 0 Å². The zero-order chi connectivity index (χ0) is 34.3. The number of nitrogens with one attached hydrogen (secondary N) is 3. The van der Waals surface area contributed by atoms with Gasteiger partial charge >= 0.3 is 12.1 Å². The van der Waals surface area contributed by atoms with Crippen molar-refractivity contribution in [1.82, 2.24) is 24.9 Å². The maximum Gasteiger partial charge on any atom is 0.471 e. The number of fused-ring (bicyclic) bond motifs is 2. The van der Waals surface area contributed by atoms with E-state index in [0.717, 1.165) is 28.8 Å². The number of amides is 2. The fourth-order valence-electron chi connectivity index (χ4n) is 5.86. The van der Waals surface area contributed by atoms with Gasteiger partial charge in [0.05, 0.1) is 16.8 Å². The van der Waals surface area contributed by atoms with Crippen LogP contribution in [0.15, 0.2) is 97.3 Å². The molecule has 3 N–H and O–H groups in total. The molecule has 14 heteroatoms. The van der Waals surface area contributed by atoms with Gasteiger partial charge < -0.3 is 16.0 Å². The molecule has 1 atom stereocenters. The molecule has 1 unspecified atom stereocenters. The summed E-state index contributed by atoms with van der Waals surface area (Å²) in [5.41, 5.74) is 4.79. The standard InChI is InChI=1S/C35H24F5N7O2/c36-25-7-4-8-26(37)29(25)32(48)42-22-6-3-5-20(16-22)31-30(28-9-1-2-14-47(28)46-31)27-12-13-41-34(45-27)44-23-11-10-19-15-24(18-21(19)17-23)43-33(49)35(38,39)40/h1-14,16-17,24H,15,18H2,(H,42,48)(H,43,49)(H,41,44,45). The highest BCUT2D eigenvalue weighted by atomic mass is 19.4. The molecule has 0 fully saturated rings. The van der Waals surface area contributed by atoms with Gasteiger partial charge in [-0.1, -0.05) is 30.3 Å². The van der Waals surface area contributed by atoms with Gasteiger partial charge in [-0.25, -0.2) is 23.3 Å². The molecule has 0 saturated carbocycles. The highest BCUT2D eigenvalue weighted by Crippen LogP contribution is 2.36. The number of carbonyl (C=O) groups is 2. The minimum absolute atomic E-state index is 0.242. The van der Waals surface area contributed by atoms with Gasteiger partial charge in [-0.2, -0.15) is 18.3 Å². The average Bonchev–Trinajstić information content (AvgIpc) is 3.65. The molecule has 0 saturated heterocycles. The van der Waals surface area contributed by atoms with E-state index in [1.165, 1.54) is 6.07 Å². The Hall–Kier alpha value is -6.18. The number of carbonyl (C=O) groups excluding carboxylic acids is 2. The van der Waals surface area contributed by atoms with Crippen molar-refractivity contribution in [3.05, 3.63) is 126 Å². The predicted molar refractivity (Wildman–Crippen MR) is 171 cm³/mol. The molecule has 3 aromatic carbocycles. The predicted octanol–water partition coefficient (Wildman–Crippen LogP) is 6.88. The van der Waals surface area contributed by atoms with Crippen molar-refractivity contribution in [3.63, 3.8) is 0 Å². The summed E-state index contributed by atoms with van der Waals surface area (Å²) in [7, 11) is 0. The highest BCUT2D eigenvalue weighted by molar-refractivity contribution is 6.05. The van der Waals surface area contributed by atoms with E-state index in [1.54, 1.807) is 65.4 Å². The van der Waals surface area contributed by atoms with Gasteiger partial charge in [0.2, 0.25) is 5.95 Å². The summed E-state index contributed by atoms with van der Waals surface area (Å²) < 4.78 is 68.4. The van der Waals surface area contributed by atoms with Gasteiger partial charge in [0.1, 0.15) is 22.9 Å². The lowest BCUT2D eigenvalue weighted by atomic mass is 10.0. The van der Waals surface area contributed by atoms with Crippen molar-refractivity contribution in [2.75, 3.05) is 10.6 Å². The second-order valence-electron chi connectivity index (χ2n) is 11.3. The fraction of sp³-hybridized carbons (Fsp3) is 0.114. The normalized spacial score (nSPS) is 14.0. The quantitative estimate of drug-likeness (QED) is 0.160. The number of rotatable bonds is 7. The maximum absolute atomic E-state index is 14.2. The van der Waals surface area contributed by atoms with E-state index in [0.29, 0.717) is 28.2 Å². The lowest BCUT2D eigenvalue weighted by Gasteiger charge is -2.13. The van der Waals surface area contributed by atoms with Crippen LogP contribution in [-0.2, 0) is 17.6 Å². The number of alkyl halides is 3. The van der Waals surface area contributed by atoms with Crippen LogP contribution in [0.5, 0.6) is 0 Å². The Morgan fingerprint density at radius 1 is 0.837 bits per heavy atom. The third-order valence-electron chi connectivity index (χ3n) is 8.02. The Labute approximate surface area is 274 Å². The lowest BCUT2D eigenvalue weighted by Crippen LogP contribution is -2.43. The Balaban J connectivity index is 1.17. The number of benzene rings is 3. The molecule has 49 heavy (non-hydrogen) atoms. The van der Waals surface area contributed by atoms with Crippen molar-refractivity contribution < 1.29 is 31.5 Å². The number of hydrogen-bond donors (Lipinski definition) is 3. The Morgan fingerprint density at radius 2 is 1.61 bits per heavy atom. The largest absolute Gasteiger partial charge is 0.471 e. The number of nitrogens with zero attached hydrogens (tertiary/aromatic N) is 4. The molecular weight excluding hydrogens is 645 g/mol. The SMILES string of the molecule is O=C(Nc1cccc(-c2nn3ccccc3c2-c2ccnc(Nc3ccc4c(c3)CC(NC(=O)C(F)(F)F)C4)n2)c1)c1c(F)cccc1F. The van der Waals surface area contributed by atoms with E-state index in [-0.39, 0.29) is 24.5 Å².